The molecule has 0 aliphatic carbocycles. The summed E-state index contributed by atoms with van der Waals surface area (Å²) in [6, 6.07) is 0. The predicted molar refractivity (Wildman–Crippen MR) is 83.0 cm³/mol. The highest BCUT2D eigenvalue weighted by Crippen LogP contribution is 2.38. The van der Waals surface area contributed by atoms with Crippen LogP contribution in [-0.2, 0) is 29.6 Å². The van der Waals surface area contributed by atoms with Gasteiger partial charge in [0.15, 0.2) is 0 Å². The van der Waals surface area contributed by atoms with Crippen molar-refractivity contribution in [2.75, 3.05) is 0 Å². The van der Waals surface area contributed by atoms with Crippen LogP contribution in [0.25, 0.3) is 0 Å². The Hall–Kier alpha value is -1.58. The molecule has 2 amide bonds. The maximum atomic E-state index is 12.4. The van der Waals surface area contributed by atoms with Crippen molar-refractivity contribution >= 4 is 31.9 Å². The monoisotopic (exact) mass is 464 g/mol. The summed E-state index contributed by atoms with van der Waals surface area (Å²) in [7, 11) is -12.1. The fraction of sp³-hybridized carbons (Fsp3) is 0.833. The molecular formula is C12H18F6N2O6S2. The number of carbonyl (C=O) groups is 2. The molecule has 0 saturated carbocycles. The summed E-state index contributed by atoms with van der Waals surface area (Å²) in [6.45, 7) is 4.10. The normalized spacial score (nSPS) is 16.2. The summed E-state index contributed by atoms with van der Waals surface area (Å²) >= 11 is 0. The Labute approximate surface area is 157 Å². The Kier molecular flexibility index (Phi) is 7.25. The van der Waals surface area contributed by atoms with Crippen molar-refractivity contribution in [2.45, 2.75) is 51.6 Å². The van der Waals surface area contributed by atoms with Crippen molar-refractivity contribution in [3.05, 3.63) is 0 Å². The van der Waals surface area contributed by atoms with Crippen LogP contribution in [-0.4, -0.2) is 39.7 Å². The maximum Gasteiger partial charge on any atom is 0.516 e. The number of halogens is 6. The first kappa shape index (κ1) is 26.4. The third-order valence-corrected chi connectivity index (χ3v) is 5.97. The van der Waals surface area contributed by atoms with Gasteiger partial charge in [0, 0.05) is 10.8 Å². The molecule has 166 valence electrons. The first-order chi connectivity index (χ1) is 12.0. The Morgan fingerprint density at radius 2 is 1.07 bits per heavy atom. The lowest BCUT2D eigenvalue weighted by Crippen LogP contribution is -2.51. The topological polar surface area (TPSA) is 126 Å². The van der Waals surface area contributed by atoms with Gasteiger partial charge < -0.3 is 0 Å². The molecule has 0 aliphatic heterocycles. The summed E-state index contributed by atoms with van der Waals surface area (Å²) in [5.41, 5.74) is -15.6. The molecule has 0 aliphatic rings. The number of nitrogens with one attached hydrogen (secondary N) is 2. The van der Waals surface area contributed by atoms with Crippen molar-refractivity contribution in [1.29, 1.82) is 0 Å². The summed E-state index contributed by atoms with van der Waals surface area (Å²) < 4.78 is 120. The van der Waals surface area contributed by atoms with Crippen LogP contribution in [0.2, 0.25) is 0 Å². The van der Waals surface area contributed by atoms with Crippen LogP contribution in [0.1, 0.15) is 40.5 Å². The maximum absolute atomic E-state index is 12.4. The second-order valence-electron chi connectivity index (χ2n) is 6.74. The Balaban J connectivity index is 5.67. The van der Waals surface area contributed by atoms with Crippen LogP contribution in [0.4, 0.5) is 26.3 Å². The minimum absolute atomic E-state index is 0.324. The van der Waals surface area contributed by atoms with E-state index in [1.54, 1.807) is 0 Å². The molecular weight excluding hydrogens is 446 g/mol. The molecule has 0 spiro atoms. The molecule has 0 aromatic rings. The molecule has 28 heavy (non-hydrogen) atoms. The van der Waals surface area contributed by atoms with E-state index in [4.69, 9.17) is 0 Å². The van der Waals surface area contributed by atoms with Gasteiger partial charge >= 0.3 is 31.1 Å². The molecule has 0 fully saturated rings. The predicted octanol–water partition coefficient (Wildman–Crippen LogP) is 1.75. The van der Waals surface area contributed by atoms with E-state index >= 15 is 0 Å². The number of amides is 2. The lowest BCUT2D eigenvalue weighted by atomic mass is 9.71. The lowest BCUT2D eigenvalue weighted by Gasteiger charge is -2.34. The Morgan fingerprint density at radius 1 is 0.750 bits per heavy atom. The summed E-state index contributed by atoms with van der Waals surface area (Å²) in [5, 5.41) is 0. The molecule has 16 heteroatoms. The van der Waals surface area contributed by atoms with Crippen LogP contribution in [0.5, 0.6) is 0 Å². The highest BCUT2D eigenvalue weighted by atomic mass is 32.2. The number of hydrogen-bond acceptors (Lipinski definition) is 6. The van der Waals surface area contributed by atoms with E-state index in [0.717, 1.165) is 30.2 Å². The van der Waals surface area contributed by atoms with E-state index in [-0.39, 0.29) is 6.42 Å². The molecule has 0 saturated heterocycles. The van der Waals surface area contributed by atoms with Gasteiger partial charge in [0.1, 0.15) is 0 Å². The van der Waals surface area contributed by atoms with Crippen LogP contribution < -0.4 is 9.44 Å². The zero-order valence-corrected chi connectivity index (χ0v) is 16.6. The Bertz CT molecular complexity index is 832. The van der Waals surface area contributed by atoms with Gasteiger partial charge in [0.25, 0.3) is 0 Å². The van der Waals surface area contributed by atoms with Gasteiger partial charge in [-0.15, -0.1) is 0 Å². The van der Waals surface area contributed by atoms with Crippen molar-refractivity contribution in [1.82, 2.24) is 9.44 Å². The SMILES string of the molecule is CCC(C)(CC(C)(C)C(=O)NS(=O)(=O)C(F)(F)F)C(=O)NS(=O)(=O)C(F)(F)F. The zero-order valence-electron chi connectivity index (χ0n) is 14.9. The van der Waals surface area contributed by atoms with Crippen molar-refractivity contribution in [2.24, 2.45) is 10.8 Å². The smallest absolute Gasteiger partial charge is 0.273 e. The van der Waals surface area contributed by atoms with Crippen molar-refractivity contribution in [3.8, 4) is 0 Å². The average Bonchev–Trinajstić information content (AvgIpc) is 2.43. The van der Waals surface area contributed by atoms with Gasteiger partial charge in [0.05, 0.1) is 0 Å². The molecule has 0 bridgehead atoms. The number of rotatable bonds is 7. The average molecular weight is 464 g/mol. The zero-order chi connectivity index (χ0) is 23.0. The van der Waals surface area contributed by atoms with Crippen LogP contribution in [0, 0.1) is 10.8 Å². The number of alkyl halides is 6. The number of sulfonamides is 2. The van der Waals surface area contributed by atoms with Crippen molar-refractivity contribution < 1.29 is 52.8 Å². The third kappa shape index (κ3) is 5.96. The van der Waals surface area contributed by atoms with E-state index in [0.29, 0.717) is 0 Å². The Morgan fingerprint density at radius 3 is 1.36 bits per heavy atom. The lowest BCUT2D eigenvalue weighted by molar-refractivity contribution is -0.135. The van der Waals surface area contributed by atoms with E-state index in [2.05, 4.69) is 0 Å². The van der Waals surface area contributed by atoms with E-state index in [1.165, 1.54) is 6.92 Å². The molecule has 1 unspecified atom stereocenters. The van der Waals surface area contributed by atoms with Gasteiger partial charge in [-0.1, -0.05) is 27.7 Å². The van der Waals surface area contributed by atoms with Crippen molar-refractivity contribution in [3.63, 3.8) is 0 Å². The molecule has 0 aromatic carbocycles. The van der Waals surface area contributed by atoms with Crippen LogP contribution in [0.15, 0.2) is 0 Å². The van der Waals surface area contributed by atoms with E-state index in [9.17, 15) is 52.8 Å². The second-order valence-corrected chi connectivity index (χ2v) is 10.1. The van der Waals surface area contributed by atoms with Gasteiger partial charge in [-0.25, -0.2) is 9.44 Å². The van der Waals surface area contributed by atoms with Gasteiger partial charge in [-0.05, 0) is 12.8 Å². The van der Waals surface area contributed by atoms with Gasteiger partial charge in [-0.3, -0.25) is 9.59 Å². The molecule has 0 radical (unpaired) electrons. The fourth-order valence-electron chi connectivity index (χ4n) is 2.04. The van der Waals surface area contributed by atoms with E-state index < -0.39 is 60.1 Å². The highest BCUT2D eigenvalue weighted by Gasteiger charge is 2.52. The molecule has 0 rings (SSSR count). The summed E-state index contributed by atoms with van der Waals surface area (Å²) in [6.07, 6.45) is -1.09. The molecule has 2 N–H and O–H groups in total. The van der Waals surface area contributed by atoms with Crippen LogP contribution >= 0.6 is 0 Å². The molecule has 1 atom stereocenters. The first-order valence-corrected chi connectivity index (χ1v) is 10.3. The quantitative estimate of drug-likeness (QED) is 0.553. The minimum atomic E-state index is -6.06. The largest absolute Gasteiger partial charge is 0.516 e. The number of hydrogen-bond donors (Lipinski definition) is 2. The van der Waals surface area contributed by atoms with E-state index in [1.807, 2.05) is 0 Å². The first-order valence-electron chi connectivity index (χ1n) is 7.29. The summed E-state index contributed by atoms with van der Waals surface area (Å²) in [4.78, 5) is 24.1. The van der Waals surface area contributed by atoms with Crippen LogP contribution in [0.3, 0.4) is 0 Å². The second kappa shape index (κ2) is 7.68. The molecule has 8 nitrogen and oxygen atoms in total. The standard InChI is InChI=1S/C12H18F6N2O6S2/c1-5-10(4,8(22)20-28(25,26)12(16,17)18)6-9(2,3)7(21)19-27(23,24)11(13,14)15/h5-6H2,1-4H3,(H,19,21)(H,20,22). The number of carbonyl (C=O) groups excluding carboxylic acids is 2. The molecule has 0 heterocycles. The highest BCUT2D eigenvalue weighted by molar-refractivity contribution is 7.91. The minimum Gasteiger partial charge on any atom is -0.273 e. The third-order valence-electron chi connectivity index (χ3n) is 3.84. The van der Waals surface area contributed by atoms with Gasteiger partial charge in [-0.2, -0.15) is 43.2 Å². The van der Waals surface area contributed by atoms with Gasteiger partial charge in [0.2, 0.25) is 11.8 Å². The fourth-order valence-corrected chi connectivity index (χ4v) is 3.28. The molecule has 0 aromatic heterocycles. The summed E-state index contributed by atoms with van der Waals surface area (Å²) in [5.74, 6) is -3.34.